The third-order valence-electron chi connectivity index (χ3n) is 4.29. The first-order chi connectivity index (χ1) is 11.1. The van der Waals surface area contributed by atoms with Crippen molar-refractivity contribution in [1.29, 1.82) is 0 Å². The second kappa shape index (κ2) is 5.09. The zero-order chi connectivity index (χ0) is 16.0. The largest absolute Gasteiger partial charge is 0.399 e. The Morgan fingerprint density at radius 1 is 1.17 bits per heavy atom. The second-order valence-corrected chi connectivity index (χ2v) is 6.00. The maximum Gasteiger partial charge on any atom is 0.261 e. The average Bonchev–Trinajstić information content (AvgIpc) is 2.93. The number of allylic oxidation sites excluding steroid dienone is 1. The zero-order valence-electron chi connectivity index (χ0n) is 12.9. The SMILES string of the molecule is Cc1ccc(/C=C2\CCn3c2nc2cc(N)ccc2c3=O)cc1. The Balaban J connectivity index is 1.89. The van der Waals surface area contributed by atoms with Gasteiger partial charge in [0, 0.05) is 12.2 Å². The fourth-order valence-electron chi connectivity index (χ4n) is 3.04. The van der Waals surface area contributed by atoms with Crippen LogP contribution in [0.5, 0.6) is 0 Å². The van der Waals surface area contributed by atoms with Crippen LogP contribution in [0.15, 0.2) is 47.3 Å². The number of anilines is 1. The first kappa shape index (κ1) is 13.8. The van der Waals surface area contributed by atoms with Gasteiger partial charge >= 0.3 is 0 Å². The normalized spacial score (nSPS) is 15.3. The lowest BCUT2D eigenvalue weighted by atomic mass is 10.1. The molecular formula is C19H17N3O. The molecule has 2 heterocycles. The maximum absolute atomic E-state index is 12.6. The predicted octanol–water partition coefficient (Wildman–Crippen LogP) is 3.23. The van der Waals surface area contributed by atoms with Gasteiger partial charge in [-0.1, -0.05) is 29.8 Å². The minimum atomic E-state index is 0.0114. The molecule has 0 amide bonds. The van der Waals surface area contributed by atoms with Crippen LogP contribution < -0.4 is 11.3 Å². The van der Waals surface area contributed by atoms with E-state index in [0.29, 0.717) is 23.1 Å². The fraction of sp³-hybridized carbons (Fsp3) is 0.158. The second-order valence-electron chi connectivity index (χ2n) is 6.00. The molecule has 4 rings (SSSR count). The number of fused-ring (bicyclic) bond motifs is 2. The van der Waals surface area contributed by atoms with Crippen LogP contribution >= 0.6 is 0 Å². The topological polar surface area (TPSA) is 60.9 Å². The predicted molar refractivity (Wildman–Crippen MR) is 94.1 cm³/mol. The Kier molecular flexibility index (Phi) is 3.05. The van der Waals surface area contributed by atoms with E-state index >= 15 is 0 Å². The van der Waals surface area contributed by atoms with Crippen molar-refractivity contribution in [2.24, 2.45) is 0 Å². The number of aromatic nitrogens is 2. The molecule has 0 bridgehead atoms. The molecule has 2 N–H and O–H groups in total. The Morgan fingerprint density at radius 3 is 2.74 bits per heavy atom. The third kappa shape index (κ3) is 2.32. The number of nitrogens with two attached hydrogens (primary N) is 1. The molecule has 4 heteroatoms. The summed E-state index contributed by atoms with van der Waals surface area (Å²) in [5.41, 5.74) is 10.6. The number of benzene rings is 2. The van der Waals surface area contributed by atoms with E-state index in [1.165, 1.54) is 5.56 Å². The van der Waals surface area contributed by atoms with E-state index < -0.39 is 0 Å². The monoisotopic (exact) mass is 303 g/mol. The van der Waals surface area contributed by atoms with Crippen molar-refractivity contribution in [2.75, 3.05) is 5.73 Å². The molecule has 0 saturated carbocycles. The van der Waals surface area contributed by atoms with Crippen LogP contribution in [0.4, 0.5) is 5.69 Å². The number of hydrogen-bond donors (Lipinski definition) is 1. The number of nitrogen functional groups attached to an aromatic ring is 1. The quantitative estimate of drug-likeness (QED) is 0.702. The van der Waals surface area contributed by atoms with Crippen molar-refractivity contribution >= 4 is 28.2 Å². The van der Waals surface area contributed by atoms with E-state index in [9.17, 15) is 4.79 Å². The smallest absolute Gasteiger partial charge is 0.261 e. The molecule has 0 atom stereocenters. The summed E-state index contributed by atoms with van der Waals surface area (Å²) >= 11 is 0. The van der Waals surface area contributed by atoms with Crippen LogP contribution in [-0.2, 0) is 6.54 Å². The number of rotatable bonds is 1. The Bertz CT molecular complexity index is 998. The summed E-state index contributed by atoms with van der Waals surface area (Å²) in [6.45, 7) is 2.75. The summed E-state index contributed by atoms with van der Waals surface area (Å²) in [6.07, 6.45) is 2.94. The highest BCUT2D eigenvalue weighted by Gasteiger charge is 2.20. The van der Waals surface area contributed by atoms with Gasteiger partial charge < -0.3 is 5.73 Å². The summed E-state index contributed by atoms with van der Waals surface area (Å²) in [5, 5.41) is 0.625. The van der Waals surface area contributed by atoms with Gasteiger partial charge in [0.05, 0.1) is 10.9 Å². The Labute approximate surface area is 133 Å². The van der Waals surface area contributed by atoms with E-state index in [1.807, 2.05) is 0 Å². The minimum absolute atomic E-state index is 0.0114. The zero-order valence-corrected chi connectivity index (χ0v) is 12.9. The molecule has 0 saturated heterocycles. The summed E-state index contributed by atoms with van der Waals surface area (Å²) in [7, 11) is 0. The van der Waals surface area contributed by atoms with Crippen LogP contribution in [0, 0.1) is 6.92 Å². The molecular weight excluding hydrogens is 286 g/mol. The van der Waals surface area contributed by atoms with E-state index in [2.05, 4.69) is 42.2 Å². The van der Waals surface area contributed by atoms with Crippen LogP contribution in [0.2, 0.25) is 0 Å². The molecule has 0 spiro atoms. The molecule has 0 aliphatic carbocycles. The molecule has 1 aliphatic heterocycles. The highest BCUT2D eigenvalue weighted by Crippen LogP contribution is 2.27. The molecule has 23 heavy (non-hydrogen) atoms. The lowest BCUT2D eigenvalue weighted by Gasteiger charge is -2.06. The highest BCUT2D eigenvalue weighted by molar-refractivity contribution is 5.86. The summed E-state index contributed by atoms with van der Waals surface area (Å²) in [4.78, 5) is 17.3. The molecule has 114 valence electrons. The van der Waals surface area contributed by atoms with E-state index in [4.69, 9.17) is 5.73 Å². The average molecular weight is 303 g/mol. The van der Waals surface area contributed by atoms with Crippen molar-refractivity contribution in [3.63, 3.8) is 0 Å². The minimum Gasteiger partial charge on any atom is -0.399 e. The maximum atomic E-state index is 12.6. The molecule has 3 aromatic rings. The van der Waals surface area contributed by atoms with Crippen LogP contribution in [-0.4, -0.2) is 9.55 Å². The summed E-state index contributed by atoms with van der Waals surface area (Å²) < 4.78 is 1.76. The molecule has 1 aromatic heterocycles. The third-order valence-corrected chi connectivity index (χ3v) is 4.29. The first-order valence-electron chi connectivity index (χ1n) is 7.69. The van der Waals surface area contributed by atoms with Gasteiger partial charge in [-0.25, -0.2) is 4.98 Å². The van der Waals surface area contributed by atoms with Crippen LogP contribution in [0.1, 0.15) is 23.4 Å². The molecule has 0 radical (unpaired) electrons. The standard InChI is InChI=1S/C19H17N3O/c1-12-2-4-13(5-3-12)10-14-8-9-22-18(14)21-17-11-15(20)6-7-16(17)19(22)23/h2-7,10-11H,8-9,20H2,1H3/b14-10+. The summed E-state index contributed by atoms with van der Waals surface area (Å²) in [5.74, 6) is 0.758. The molecule has 2 aromatic carbocycles. The van der Waals surface area contributed by atoms with Crippen molar-refractivity contribution < 1.29 is 0 Å². The number of hydrogen-bond acceptors (Lipinski definition) is 3. The van der Waals surface area contributed by atoms with Crippen LogP contribution in [0.25, 0.3) is 22.6 Å². The number of nitrogens with zero attached hydrogens (tertiary/aromatic N) is 2. The van der Waals surface area contributed by atoms with Gasteiger partial charge in [-0.15, -0.1) is 0 Å². The van der Waals surface area contributed by atoms with Crippen LogP contribution in [0.3, 0.4) is 0 Å². The lowest BCUT2D eigenvalue weighted by Crippen LogP contribution is -2.20. The molecule has 0 fully saturated rings. The van der Waals surface area contributed by atoms with E-state index in [0.717, 1.165) is 23.4 Å². The molecule has 1 aliphatic rings. The molecule has 0 unspecified atom stereocenters. The Morgan fingerprint density at radius 2 is 1.96 bits per heavy atom. The molecule has 4 nitrogen and oxygen atoms in total. The Hall–Kier alpha value is -2.88. The number of aryl methyl sites for hydroxylation is 1. The van der Waals surface area contributed by atoms with Gasteiger partial charge in [-0.3, -0.25) is 9.36 Å². The van der Waals surface area contributed by atoms with E-state index in [1.54, 1.807) is 22.8 Å². The summed E-state index contributed by atoms with van der Waals surface area (Å²) in [6, 6.07) is 13.6. The fourth-order valence-corrected chi connectivity index (χ4v) is 3.04. The van der Waals surface area contributed by atoms with Crippen molar-refractivity contribution in [3.8, 4) is 0 Å². The van der Waals surface area contributed by atoms with Gasteiger partial charge in [0.2, 0.25) is 0 Å². The lowest BCUT2D eigenvalue weighted by molar-refractivity contribution is 0.725. The van der Waals surface area contributed by atoms with Crippen molar-refractivity contribution in [2.45, 2.75) is 19.9 Å². The van der Waals surface area contributed by atoms with Gasteiger partial charge in [0.1, 0.15) is 5.82 Å². The van der Waals surface area contributed by atoms with Gasteiger partial charge in [-0.2, -0.15) is 0 Å². The van der Waals surface area contributed by atoms with Gasteiger partial charge in [-0.05, 0) is 48.8 Å². The first-order valence-corrected chi connectivity index (χ1v) is 7.69. The van der Waals surface area contributed by atoms with Crippen molar-refractivity contribution in [1.82, 2.24) is 9.55 Å². The van der Waals surface area contributed by atoms with E-state index in [-0.39, 0.29) is 5.56 Å². The van der Waals surface area contributed by atoms with Gasteiger partial charge in [0.15, 0.2) is 0 Å². The van der Waals surface area contributed by atoms with Crippen molar-refractivity contribution in [3.05, 3.63) is 69.8 Å². The van der Waals surface area contributed by atoms with Gasteiger partial charge in [0.25, 0.3) is 5.56 Å². The highest BCUT2D eigenvalue weighted by atomic mass is 16.1.